The van der Waals surface area contributed by atoms with Crippen molar-refractivity contribution in [3.8, 4) is 0 Å². The molecule has 1 rings (SSSR count). The van der Waals surface area contributed by atoms with Crippen molar-refractivity contribution < 1.29 is 4.74 Å². The van der Waals surface area contributed by atoms with Gasteiger partial charge in [-0.1, -0.05) is 28.1 Å². The van der Waals surface area contributed by atoms with E-state index in [1.165, 1.54) is 11.1 Å². The lowest BCUT2D eigenvalue weighted by Gasteiger charge is -2.18. The maximum Gasteiger partial charge on any atom is 0.0657 e. The Bertz CT molecular complexity index is 301. The van der Waals surface area contributed by atoms with Crippen molar-refractivity contribution in [2.24, 2.45) is 0 Å². The number of likely N-dealkylation sites (N-methyl/N-ethyl adjacent to an activating group) is 1. The molecule has 1 atom stereocenters. The third kappa shape index (κ3) is 2.56. The van der Waals surface area contributed by atoms with E-state index in [1.54, 1.807) is 7.11 Å². The molecular formula is C11H16BrNO. The first-order valence-electron chi connectivity index (χ1n) is 4.62. The second-order valence-corrected chi connectivity index (χ2v) is 4.11. The molecule has 0 aliphatic carbocycles. The fourth-order valence-electron chi connectivity index (χ4n) is 1.50. The Labute approximate surface area is 93.8 Å². The monoisotopic (exact) mass is 257 g/mol. The molecule has 14 heavy (non-hydrogen) atoms. The first kappa shape index (κ1) is 11.7. The minimum absolute atomic E-state index is 0.262. The van der Waals surface area contributed by atoms with E-state index in [-0.39, 0.29) is 6.04 Å². The van der Waals surface area contributed by atoms with E-state index in [4.69, 9.17) is 4.74 Å². The van der Waals surface area contributed by atoms with Gasteiger partial charge in [0.1, 0.15) is 0 Å². The van der Waals surface area contributed by atoms with Gasteiger partial charge in [-0.15, -0.1) is 0 Å². The van der Waals surface area contributed by atoms with Crippen LogP contribution in [0.1, 0.15) is 17.2 Å². The SMILES string of the molecule is CNC(COC)c1cccc(Br)c1C. The van der Waals surface area contributed by atoms with E-state index < -0.39 is 0 Å². The van der Waals surface area contributed by atoms with Crippen LogP contribution in [-0.4, -0.2) is 20.8 Å². The fourth-order valence-corrected chi connectivity index (χ4v) is 1.88. The average molecular weight is 258 g/mol. The summed E-state index contributed by atoms with van der Waals surface area (Å²) in [7, 11) is 3.67. The number of rotatable bonds is 4. The lowest BCUT2D eigenvalue weighted by molar-refractivity contribution is 0.170. The predicted molar refractivity (Wildman–Crippen MR) is 62.6 cm³/mol. The number of hydrogen-bond acceptors (Lipinski definition) is 2. The number of benzene rings is 1. The Morgan fingerprint density at radius 3 is 2.79 bits per heavy atom. The summed E-state index contributed by atoms with van der Waals surface area (Å²) in [5, 5.41) is 3.24. The summed E-state index contributed by atoms with van der Waals surface area (Å²) in [5.41, 5.74) is 2.55. The van der Waals surface area contributed by atoms with Crippen molar-refractivity contribution >= 4 is 15.9 Å². The Hall–Kier alpha value is -0.380. The van der Waals surface area contributed by atoms with Gasteiger partial charge in [0.15, 0.2) is 0 Å². The molecule has 0 aliphatic heterocycles. The summed E-state index contributed by atoms with van der Waals surface area (Å²) in [6, 6.07) is 6.49. The second kappa shape index (κ2) is 5.49. The van der Waals surface area contributed by atoms with Gasteiger partial charge < -0.3 is 10.1 Å². The lowest BCUT2D eigenvalue weighted by Crippen LogP contribution is -2.22. The van der Waals surface area contributed by atoms with Crippen LogP contribution in [0, 0.1) is 6.92 Å². The van der Waals surface area contributed by atoms with Crippen molar-refractivity contribution in [3.05, 3.63) is 33.8 Å². The van der Waals surface area contributed by atoms with Gasteiger partial charge in [0.25, 0.3) is 0 Å². The number of halogens is 1. The Morgan fingerprint density at radius 2 is 2.21 bits per heavy atom. The van der Waals surface area contributed by atoms with Gasteiger partial charge in [0.05, 0.1) is 12.6 Å². The molecule has 1 aromatic carbocycles. The molecule has 2 nitrogen and oxygen atoms in total. The summed E-state index contributed by atoms with van der Waals surface area (Å²) in [5.74, 6) is 0. The highest BCUT2D eigenvalue weighted by Crippen LogP contribution is 2.24. The smallest absolute Gasteiger partial charge is 0.0657 e. The minimum atomic E-state index is 0.262. The highest BCUT2D eigenvalue weighted by atomic mass is 79.9. The summed E-state index contributed by atoms with van der Waals surface area (Å²) in [4.78, 5) is 0. The Kier molecular flexibility index (Phi) is 4.58. The van der Waals surface area contributed by atoms with Gasteiger partial charge in [0, 0.05) is 11.6 Å². The molecule has 0 saturated heterocycles. The van der Waals surface area contributed by atoms with Crippen LogP contribution in [-0.2, 0) is 4.74 Å². The average Bonchev–Trinajstić information content (AvgIpc) is 2.19. The number of hydrogen-bond donors (Lipinski definition) is 1. The molecule has 0 spiro atoms. The molecule has 78 valence electrons. The van der Waals surface area contributed by atoms with Gasteiger partial charge in [-0.05, 0) is 31.2 Å². The Morgan fingerprint density at radius 1 is 1.50 bits per heavy atom. The molecular weight excluding hydrogens is 242 g/mol. The molecule has 0 radical (unpaired) electrons. The number of methoxy groups -OCH3 is 1. The van der Waals surface area contributed by atoms with Crippen LogP contribution in [0.4, 0.5) is 0 Å². The molecule has 0 amide bonds. The van der Waals surface area contributed by atoms with Crippen LogP contribution in [0.5, 0.6) is 0 Å². The van der Waals surface area contributed by atoms with Gasteiger partial charge in [-0.25, -0.2) is 0 Å². The van der Waals surface area contributed by atoms with Crippen molar-refractivity contribution in [2.45, 2.75) is 13.0 Å². The van der Waals surface area contributed by atoms with Crippen molar-refractivity contribution in [3.63, 3.8) is 0 Å². The van der Waals surface area contributed by atoms with E-state index in [1.807, 2.05) is 13.1 Å². The largest absolute Gasteiger partial charge is 0.383 e. The Balaban J connectivity index is 2.97. The van der Waals surface area contributed by atoms with Gasteiger partial charge >= 0.3 is 0 Å². The molecule has 1 unspecified atom stereocenters. The normalized spacial score (nSPS) is 12.9. The first-order chi connectivity index (χ1) is 6.70. The first-order valence-corrected chi connectivity index (χ1v) is 5.41. The van der Waals surface area contributed by atoms with Crippen LogP contribution < -0.4 is 5.32 Å². The third-order valence-electron chi connectivity index (χ3n) is 2.37. The van der Waals surface area contributed by atoms with Crippen LogP contribution in [0.25, 0.3) is 0 Å². The van der Waals surface area contributed by atoms with Gasteiger partial charge in [-0.3, -0.25) is 0 Å². The zero-order valence-corrected chi connectivity index (χ0v) is 10.4. The highest BCUT2D eigenvalue weighted by molar-refractivity contribution is 9.10. The molecule has 0 saturated carbocycles. The number of nitrogens with one attached hydrogen (secondary N) is 1. The molecule has 0 aromatic heterocycles. The van der Waals surface area contributed by atoms with E-state index in [9.17, 15) is 0 Å². The molecule has 1 aromatic rings. The van der Waals surface area contributed by atoms with Crippen LogP contribution in [0.2, 0.25) is 0 Å². The van der Waals surface area contributed by atoms with Crippen LogP contribution >= 0.6 is 15.9 Å². The predicted octanol–water partition coefficient (Wildman–Crippen LogP) is 2.66. The minimum Gasteiger partial charge on any atom is -0.383 e. The zero-order chi connectivity index (χ0) is 10.6. The van der Waals surface area contributed by atoms with Crippen LogP contribution in [0.15, 0.2) is 22.7 Å². The standard InChI is InChI=1S/C11H16BrNO/c1-8-9(5-4-6-10(8)12)11(13-2)7-14-3/h4-6,11,13H,7H2,1-3H3. The molecule has 0 aliphatic rings. The van der Waals surface area contributed by atoms with Crippen LogP contribution in [0.3, 0.4) is 0 Å². The maximum absolute atomic E-state index is 5.17. The quantitative estimate of drug-likeness (QED) is 0.896. The third-order valence-corrected chi connectivity index (χ3v) is 3.23. The highest BCUT2D eigenvalue weighted by Gasteiger charge is 2.12. The van der Waals surface area contributed by atoms with E-state index in [0.29, 0.717) is 6.61 Å². The van der Waals surface area contributed by atoms with Crippen molar-refractivity contribution in [1.29, 1.82) is 0 Å². The maximum atomic E-state index is 5.17. The molecule has 1 N–H and O–H groups in total. The van der Waals surface area contributed by atoms with Crippen molar-refractivity contribution in [1.82, 2.24) is 5.32 Å². The molecule has 0 bridgehead atoms. The fraction of sp³-hybridized carbons (Fsp3) is 0.455. The number of ether oxygens (including phenoxy) is 1. The van der Waals surface area contributed by atoms with Crippen molar-refractivity contribution in [2.75, 3.05) is 20.8 Å². The molecule has 0 heterocycles. The van der Waals surface area contributed by atoms with E-state index in [0.717, 1.165) is 4.47 Å². The molecule has 0 fully saturated rings. The summed E-state index contributed by atoms with van der Waals surface area (Å²) >= 11 is 3.53. The molecule has 3 heteroatoms. The second-order valence-electron chi connectivity index (χ2n) is 3.25. The summed E-state index contributed by atoms with van der Waals surface area (Å²) < 4.78 is 6.31. The topological polar surface area (TPSA) is 21.3 Å². The van der Waals surface area contributed by atoms with E-state index in [2.05, 4.69) is 40.3 Å². The zero-order valence-electron chi connectivity index (χ0n) is 8.80. The van der Waals surface area contributed by atoms with Gasteiger partial charge in [0.2, 0.25) is 0 Å². The summed E-state index contributed by atoms with van der Waals surface area (Å²) in [6.45, 7) is 2.80. The lowest BCUT2D eigenvalue weighted by atomic mass is 10.0. The van der Waals surface area contributed by atoms with E-state index >= 15 is 0 Å². The van der Waals surface area contributed by atoms with Gasteiger partial charge in [-0.2, -0.15) is 0 Å². The summed E-state index contributed by atoms with van der Waals surface area (Å²) in [6.07, 6.45) is 0.